The highest BCUT2D eigenvalue weighted by atomic mass is 127. The van der Waals surface area contributed by atoms with Crippen LogP contribution in [-0.2, 0) is 25.6 Å². The van der Waals surface area contributed by atoms with Crippen molar-refractivity contribution in [3.05, 3.63) is 50.6 Å². The van der Waals surface area contributed by atoms with Crippen LogP contribution in [0.15, 0.2) is 30.3 Å². The maximum atomic E-state index is 14.4. The van der Waals surface area contributed by atoms with Crippen molar-refractivity contribution < 1.29 is 33.9 Å². The van der Waals surface area contributed by atoms with Crippen LogP contribution in [0.5, 0.6) is 5.75 Å². The Balaban J connectivity index is 1.78. The van der Waals surface area contributed by atoms with Crippen LogP contribution >= 0.6 is 22.6 Å². The monoisotopic (exact) mass is 683 g/mol. The average Bonchev–Trinajstić information content (AvgIpc) is 2.88. The second-order valence-corrected chi connectivity index (χ2v) is 12.6. The lowest BCUT2D eigenvalue weighted by Gasteiger charge is -2.60. The number of carbonyl (C=O) groups is 6. The van der Waals surface area contributed by atoms with Gasteiger partial charge in [-0.3, -0.25) is 33.7 Å². The number of rotatable bonds is 4. The number of aromatic hydroxyl groups is 1. The molecule has 0 saturated heterocycles. The number of benzene rings is 2. The number of ketones is 4. The standard InChI is InChI=1S/C29H26IN5O7/c1-35(2)23-22(39)19(26(32)42)24(40)28(11-31)25(41)20-21(38)18-15(8-27(20,33)10-29(23,28)34)14(4-6-17(18)37)12-3-5-16(30)13(7-12)9-36/h3-7,9,19-20,23,37H,8,10,33-34H2,1-2H3,(H2,32,42)/t19?,20?,23-,27-,28+,29-/m1/s1. The Bertz CT molecular complexity index is 1700. The number of hydrogen-bond acceptors (Lipinski definition) is 11. The Morgan fingerprint density at radius 3 is 2.38 bits per heavy atom. The molecule has 6 atom stereocenters. The lowest BCUT2D eigenvalue weighted by atomic mass is 9.42. The SMILES string of the molecule is CN(C)[C@@H]1C(=O)C(C(N)=O)C(=O)[C@@]2(C#N)C(=O)C3C(=O)c4c(O)ccc(-c5ccc(I)c(C=O)c5)c4C[C@@]3(N)C[C@@]12N. The molecular weight excluding hydrogens is 657 g/mol. The van der Waals surface area contributed by atoms with E-state index in [2.05, 4.69) is 0 Å². The molecule has 0 radical (unpaired) electrons. The van der Waals surface area contributed by atoms with Crippen LogP contribution in [0.4, 0.5) is 0 Å². The number of amides is 1. The summed E-state index contributed by atoms with van der Waals surface area (Å²) in [5.74, 6) is -10.3. The summed E-state index contributed by atoms with van der Waals surface area (Å²) in [6, 6.07) is 8.06. The van der Waals surface area contributed by atoms with Crippen LogP contribution in [0.25, 0.3) is 11.1 Å². The summed E-state index contributed by atoms with van der Waals surface area (Å²) in [5.41, 5.74) is 13.7. The fourth-order valence-corrected chi connectivity index (χ4v) is 7.74. The highest BCUT2D eigenvalue weighted by molar-refractivity contribution is 14.1. The number of aldehydes is 1. The lowest BCUT2D eigenvalue weighted by molar-refractivity contribution is -0.166. The van der Waals surface area contributed by atoms with Crippen molar-refractivity contribution >= 4 is 57.9 Å². The molecule has 0 spiro atoms. The van der Waals surface area contributed by atoms with E-state index in [0.29, 0.717) is 26.5 Å². The van der Waals surface area contributed by atoms with Crippen molar-refractivity contribution in [2.45, 2.75) is 30.0 Å². The van der Waals surface area contributed by atoms with Gasteiger partial charge in [0.05, 0.1) is 23.2 Å². The Labute approximate surface area is 253 Å². The zero-order chi connectivity index (χ0) is 31.1. The quantitative estimate of drug-likeness (QED) is 0.189. The third-order valence-electron chi connectivity index (χ3n) is 8.91. The molecule has 0 heterocycles. The van der Waals surface area contributed by atoms with Crippen molar-refractivity contribution in [2.75, 3.05) is 14.1 Å². The van der Waals surface area contributed by atoms with Gasteiger partial charge in [0.15, 0.2) is 40.8 Å². The number of nitriles is 1. The molecule has 0 aliphatic heterocycles. The second-order valence-electron chi connectivity index (χ2n) is 11.5. The van der Waals surface area contributed by atoms with E-state index >= 15 is 0 Å². The molecule has 12 nitrogen and oxygen atoms in total. The van der Waals surface area contributed by atoms with E-state index in [1.54, 1.807) is 30.3 Å². The number of nitrogens with two attached hydrogens (primary N) is 3. The Morgan fingerprint density at radius 2 is 1.81 bits per heavy atom. The number of fused-ring (bicyclic) bond motifs is 3. The number of hydrogen-bond donors (Lipinski definition) is 4. The smallest absolute Gasteiger partial charge is 0.235 e. The third-order valence-corrected chi connectivity index (χ3v) is 9.89. The Hall–Kier alpha value is -3.84. The molecule has 0 aromatic heterocycles. The molecule has 5 rings (SSSR count). The van der Waals surface area contributed by atoms with E-state index in [1.165, 1.54) is 25.1 Å². The van der Waals surface area contributed by atoms with E-state index in [1.807, 2.05) is 22.6 Å². The van der Waals surface area contributed by atoms with Crippen molar-refractivity contribution in [2.24, 2.45) is 34.5 Å². The van der Waals surface area contributed by atoms with Gasteiger partial charge in [-0.2, -0.15) is 5.26 Å². The molecule has 3 aliphatic carbocycles. The normalized spacial score (nSPS) is 32.1. The van der Waals surface area contributed by atoms with Gasteiger partial charge < -0.3 is 22.3 Å². The van der Waals surface area contributed by atoms with Crippen LogP contribution in [-0.4, -0.2) is 76.5 Å². The molecule has 2 fully saturated rings. The van der Waals surface area contributed by atoms with Gasteiger partial charge in [-0.25, -0.2) is 0 Å². The van der Waals surface area contributed by atoms with Crippen molar-refractivity contribution in [1.82, 2.24) is 4.90 Å². The first kappa shape index (κ1) is 29.6. The minimum Gasteiger partial charge on any atom is -0.507 e. The van der Waals surface area contributed by atoms with E-state index in [4.69, 9.17) is 17.2 Å². The van der Waals surface area contributed by atoms with Crippen LogP contribution in [0.3, 0.4) is 0 Å². The van der Waals surface area contributed by atoms with Crippen molar-refractivity contribution in [3.63, 3.8) is 0 Å². The number of Topliss-reactive ketones (excluding diaryl/α,β-unsaturated/α-hetero) is 4. The average molecular weight is 683 g/mol. The number of halogens is 1. The van der Waals surface area contributed by atoms with E-state index < -0.39 is 75.6 Å². The van der Waals surface area contributed by atoms with Gasteiger partial charge in [-0.15, -0.1) is 0 Å². The largest absolute Gasteiger partial charge is 0.507 e. The summed E-state index contributed by atoms with van der Waals surface area (Å²) >= 11 is 2.01. The molecule has 13 heteroatoms. The van der Waals surface area contributed by atoms with Gasteiger partial charge in [-0.05, 0) is 84.4 Å². The lowest BCUT2D eigenvalue weighted by Crippen LogP contribution is -2.85. The molecule has 2 saturated carbocycles. The highest BCUT2D eigenvalue weighted by Crippen LogP contribution is 2.57. The number of likely N-dealkylation sites (N-methyl/N-ethyl adjacent to an activating group) is 1. The highest BCUT2D eigenvalue weighted by Gasteiger charge is 2.78. The predicted octanol–water partition coefficient (Wildman–Crippen LogP) is -0.107. The molecule has 2 unspecified atom stereocenters. The second kappa shape index (κ2) is 9.60. The van der Waals surface area contributed by atoms with Crippen LogP contribution in [0, 0.1) is 32.2 Å². The summed E-state index contributed by atoms with van der Waals surface area (Å²) in [5, 5.41) is 21.3. The third kappa shape index (κ3) is 3.62. The van der Waals surface area contributed by atoms with Gasteiger partial charge in [0.1, 0.15) is 11.7 Å². The molecule has 0 bridgehead atoms. The molecule has 2 aromatic carbocycles. The fourth-order valence-electron chi connectivity index (χ4n) is 7.28. The van der Waals surface area contributed by atoms with E-state index in [9.17, 15) is 39.1 Å². The maximum Gasteiger partial charge on any atom is 0.235 e. The van der Waals surface area contributed by atoms with Gasteiger partial charge in [0, 0.05) is 14.7 Å². The number of carbonyl (C=O) groups excluding carboxylic acids is 6. The van der Waals surface area contributed by atoms with Gasteiger partial charge in [-0.1, -0.05) is 12.1 Å². The summed E-state index contributed by atoms with van der Waals surface area (Å²) in [7, 11) is 2.87. The number of phenolic OH excluding ortho intramolecular Hbond substituents is 1. The van der Waals surface area contributed by atoms with E-state index in [0.717, 1.165) is 0 Å². The van der Waals surface area contributed by atoms with E-state index in [-0.39, 0.29) is 17.5 Å². The Morgan fingerprint density at radius 1 is 1.14 bits per heavy atom. The van der Waals surface area contributed by atoms with Crippen LogP contribution in [0.2, 0.25) is 0 Å². The molecule has 42 heavy (non-hydrogen) atoms. The molecule has 7 N–H and O–H groups in total. The maximum absolute atomic E-state index is 14.4. The van der Waals surface area contributed by atoms with Crippen LogP contribution < -0.4 is 17.2 Å². The van der Waals surface area contributed by atoms with Gasteiger partial charge >= 0.3 is 0 Å². The van der Waals surface area contributed by atoms with Crippen molar-refractivity contribution in [3.8, 4) is 22.9 Å². The first-order chi connectivity index (χ1) is 19.6. The Kier molecular flexibility index (Phi) is 6.77. The van der Waals surface area contributed by atoms with Crippen molar-refractivity contribution in [1.29, 1.82) is 5.26 Å². The van der Waals surface area contributed by atoms with Crippen LogP contribution in [0.1, 0.15) is 32.7 Å². The fraction of sp³-hybridized carbons (Fsp3) is 0.345. The molecule has 1 amide bonds. The summed E-state index contributed by atoms with van der Waals surface area (Å²) in [6.45, 7) is 0. The van der Waals surface area contributed by atoms with Gasteiger partial charge in [0.25, 0.3) is 0 Å². The summed E-state index contributed by atoms with van der Waals surface area (Å²) in [6.07, 6.45) is -0.0395. The molecular formula is C29H26IN5O7. The first-order valence-electron chi connectivity index (χ1n) is 12.8. The minimum absolute atomic E-state index is 0.209. The number of nitrogens with zero attached hydrogens (tertiary/aromatic N) is 2. The molecule has 216 valence electrons. The minimum atomic E-state index is -2.81. The summed E-state index contributed by atoms with van der Waals surface area (Å²) < 4.78 is 0.692. The topological polar surface area (TPSA) is 228 Å². The number of phenols is 1. The zero-order valence-electron chi connectivity index (χ0n) is 22.5. The predicted molar refractivity (Wildman–Crippen MR) is 155 cm³/mol. The number of primary amides is 1. The zero-order valence-corrected chi connectivity index (χ0v) is 24.7. The molecule has 2 aromatic rings. The van der Waals surface area contributed by atoms with Gasteiger partial charge in [0.2, 0.25) is 5.91 Å². The molecule has 3 aliphatic rings. The summed E-state index contributed by atoms with van der Waals surface area (Å²) in [4.78, 5) is 81.0. The first-order valence-corrected chi connectivity index (χ1v) is 13.9.